The Morgan fingerprint density at radius 2 is 2.15 bits per heavy atom. The van der Waals surface area contributed by atoms with Crippen LogP contribution in [0.15, 0.2) is 30.5 Å². The van der Waals surface area contributed by atoms with Crippen LogP contribution < -0.4 is 10.5 Å². The number of aryl methyl sites for hydroxylation is 1. The highest BCUT2D eigenvalue weighted by atomic mass is 16.5. The number of nitrogens with two attached hydrogens (primary N) is 1. The lowest BCUT2D eigenvalue weighted by Gasteiger charge is -2.07. The number of hydrogen-bond acceptors (Lipinski definition) is 6. The molecule has 6 heteroatoms. The van der Waals surface area contributed by atoms with Crippen molar-refractivity contribution in [3.05, 3.63) is 47.5 Å². The summed E-state index contributed by atoms with van der Waals surface area (Å²) in [5.74, 6) is 0.154. The maximum absolute atomic E-state index is 11.8. The molecule has 6 nitrogen and oxygen atoms in total. The predicted molar refractivity (Wildman–Crippen MR) is 73.3 cm³/mol. The molecule has 0 bridgehead atoms. The molecular formula is C14H15N3O3. The maximum atomic E-state index is 11.8. The minimum atomic E-state index is -0.521. The second-order valence-electron chi connectivity index (χ2n) is 4.19. The molecule has 0 aliphatic heterocycles. The molecule has 2 rings (SSSR count). The first-order valence-electron chi connectivity index (χ1n) is 5.98. The van der Waals surface area contributed by atoms with Crippen molar-refractivity contribution in [3.63, 3.8) is 0 Å². The van der Waals surface area contributed by atoms with Crippen LogP contribution in [0.2, 0.25) is 0 Å². The number of hydrogen-bond donors (Lipinski definition) is 1. The number of pyridine rings is 2. The third-order valence-corrected chi connectivity index (χ3v) is 2.56. The lowest BCUT2D eigenvalue weighted by atomic mass is 10.3. The van der Waals surface area contributed by atoms with Crippen LogP contribution in [0, 0.1) is 6.92 Å². The number of anilines is 1. The normalized spacial score (nSPS) is 10.1. The van der Waals surface area contributed by atoms with E-state index in [9.17, 15) is 4.79 Å². The van der Waals surface area contributed by atoms with Crippen molar-refractivity contribution in [1.82, 2.24) is 9.97 Å². The summed E-state index contributed by atoms with van der Waals surface area (Å²) >= 11 is 0. The van der Waals surface area contributed by atoms with E-state index >= 15 is 0 Å². The van der Waals surface area contributed by atoms with E-state index in [-0.39, 0.29) is 12.3 Å². The Morgan fingerprint density at radius 1 is 1.35 bits per heavy atom. The van der Waals surface area contributed by atoms with Gasteiger partial charge in [0.25, 0.3) is 0 Å². The number of carbonyl (C=O) groups is 1. The van der Waals surface area contributed by atoms with Gasteiger partial charge in [0.1, 0.15) is 18.1 Å². The number of rotatable bonds is 4. The van der Waals surface area contributed by atoms with E-state index in [1.807, 2.05) is 6.92 Å². The van der Waals surface area contributed by atoms with Crippen LogP contribution >= 0.6 is 0 Å². The van der Waals surface area contributed by atoms with Gasteiger partial charge in [0.2, 0.25) is 0 Å². The molecule has 0 aliphatic carbocycles. The first kappa shape index (κ1) is 13.8. The van der Waals surface area contributed by atoms with Gasteiger partial charge in [0.05, 0.1) is 24.7 Å². The van der Waals surface area contributed by atoms with E-state index in [1.165, 1.54) is 12.3 Å². The Labute approximate surface area is 116 Å². The third-order valence-electron chi connectivity index (χ3n) is 2.56. The lowest BCUT2D eigenvalue weighted by molar-refractivity contribution is 0.0460. The number of nitrogens with zero attached hydrogens (tertiary/aromatic N) is 2. The van der Waals surface area contributed by atoms with Crippen molar-refractivity contribution in [2.45, 2.75) is 13.5 Å². The summed E-state index contributed by atoms with van der Waals surface area (Å²) in [6.45, 7) is 1.90. The summed E-state index contributed by atoms with van der Waals surface area (Å²) < 4.78 is 10.3. The summed E-state index contributed by atoms with van der Waals surface area (Å²) in [4.78, 5) is 19.9. The molecule has 0 radical (unpaired) electrons. The van der Waals surface area contributed by atoms with Crippen LogP contribution in [0.5, 0.6) is 5.75 Å². The monoisotopic (exact) mass is 273 g/mol. The minimum Gasteiger partial charge on any atom is -0.497 e. The zero-order chi connectivity index (χ0) is 14.5. The Morgan fingerprint density at radius 3 is 2.80 bits per heavy atom. The van der Waals surface area contributed by atoms with Gasteiger partial charge in [-0.25, -0.2) is 9.78 Å². The van der Waals surface area contributed by atoms with E-state index in [1.54, 1.807) is 25.3 Å². The lowest BCUT2D eigenvalue weighted by Crippen LogP contribution is -2.08. The van der Waals surface area contributed by atoms with Crippen molar-refractivity contribution in [2.24, 2.45) is 0 Å². The van der Waals surface area contributed by atoms with Gasteiger partial charge in [-0.05, 0) is 19.1 Å². The third kappa shape index (κ3) is 3.44. The molecular weight excluding hydrogens is 258 g/mol. The molecule has 0 aliphatic rings. The second-order valence-corrected chi connectivity index (χ2v) is 4.19. The Kier molecular flexibility index (Phi) is 4.14. The van der Waals surface area contributed by atoms with E-state index in [4.69, 9.17) is 15.2 Å². The molecule has 2 aromatic rings. The van der Waals surface area contributed by atoms with Gasteiger partial charge >= 0.3 is 5.97 Å². The molecule has 0 atom stereocenters. The van der Waals surface area contributed by atoms with Gasteiger partial charge in [-0.3, -0.25) is 4.98 Å². The van der Waals surface area contributed by atoms with E-state index in [0.29, 0.717) is 17.1 Å². The van der Waals surface area contributed by atoms with Gasteiger partial charge in [-0.1, -0.05) is 0 Å². The number of ether oxygens (including phenoxy) is 2. The first-order valence-corrected chi connectivity index (χ1v) is 5.98. The average molecular weight is 273 g/mol. The summed E-state index contributed by atoms with van der Waals surface area (Å²) in [5, 5.41) is 0. The maximum Gasteiger partial charge on any atom is 0.357 e. The fraction of sp³-hybridized carbons (Fsp3) is 0.214. The molecule has 0 unspecified atom stereocenters. The average Bonchev–Trinajstić information content (AvgIpc) is 2.45. The van der Waals surface area contributed by atoms with Crippen LogP contribution in [-0.4, -0.2) is 23.0 Å². The fourth-order valence-corrected chi connectivity index (χ4v) is 1.63. The van der Waals surface area contributed by atoms with Crippen molar-refractivity contribution < 1.29 is 14.3 Å². The van der Waals surface area contributed by atoms with Crippen LogP contribution in [-0.2, 0) is 11.3 Å². The molecule has 0 saturated carbocycles. The molecule has 0 aromatic carbocycles. The number of esters is 1. The SMILES string of the molecule is COc1cc(C)nc(COC(=O)c2ccc(N)cn2)c1. The van der Waals surface area contributed by atoms with Crippen molar-refractivity contribution in [2.75, 3.05) is 12.8 Å². The van der Waals surface area contributed by atoms with Gasteiger partial charge in [-0.15, -0.1) is 0 Å². The van der Waals surface area contributed by atoms with Crippen molar-refractivity contribution in [3.8, 4) is 5.75 Å². The van der Waals surface area contributed by atoms with Crippen molar-refractivity contribution >= 4 is 11.7 Å². The van der Waals surface area contributed by atoms with E-state index in [2.05, 4.69) is 9.97 Å². The smallest absolute Gasteiger partial charge is 0.357 e. The quantitative estimate of drug-likeness (QED) is 0.854. The number of nitrogen functional groups attached to an aromatic ring is 1. The van der Waals surface area contributed by atoms with Crippen LogP contribution in [0.25, 0.3) is 0 Å². The Hall–Kier alpha value is -2.63. The molecule has 2 N–H and O–H groups in total. The molecule has 0 fully saturated rings. The van der Waals surface area contributed by atoms with Gasteiger partial charge in [0, 0.05) is 17.8 Å². The highest BCUT2D eigenvalue weighted by Gasteiger charge is 2.10. The molecule has 20 heavy (non-hydrogen) atoms. The van der Waals surface area contributed by atoms with Crippen LogP contribution in [0.3, 0.4) is 0 Å². The summed E-state index contributed by atoms with van der Waals surface area (Å²) in [5.41, 5.74) is 7.61. The molecule has 2 heterocycles. The minimum absolute atomic E-state index is 0.0585. The standard InChI is InChI=1S/C14H15N3O3/c1-9-5-12(19-2)6-11(17-9)8-20-14(18)13-4-3-10(15)7-16-13/h3-7H,8,15H2,1-2H3. The summed E-state index contributed by atoms with van der Waals surface area (Å²) in [6.07, 6.45) is 1.41. The zero-order valence-electron chi connectivity index (χ0n) is 11.3. The van der Waals surface area contributed by atoms with Gasteiger partial charge in [0.15, 0.2) is 0 Å². The number of methoxy groups -OCH3 is 1. The van der Waals surface area contributed by atoms with E-state index in [0.717, 1.165) is 5.69 Å². The largest absolute Gasteiger partial charge is 0.497 e. The highest BCUT2D eigenvalue weighted by Crippen LogP contribution is 2.14. The first-order chi connectivity index (χ1) is 9.58. The molecule has 0 amide bonds. The van der Waals surface area contributed by atoms with Crippen LogP contribution in [0.1, 0.15) is 21.9 Å². The zero-order valence-corrected chi connectivity index (χ0v) is 11.3. The number of aromatic nitrogens is 2. The van der Waals surface area contributed by atoms with Gasteiger partial charge in [-0.2, -0.15) is 0 Å². The molecule has 0 saturated heterocycles. The molecule has 2 aromatic heterocycles. The topological polar surface area (TPSA) is 87.3 Å². The van der Waals surface area contributed by atoms with Crippen LogP contribution in [0.4, 0.5) is 5.69 Å². The second kappa shape index (κ2) is 6.01. The van der Waals surface area contributed by atoms with Gasteiger partial charge < -0.3 is 15.2 Å². The van der Waals surface area contributed by atoms with E-state index < -0.39 is 5.97 Å². The number of carbonyl (C=O) groups excluding carboxylic acids is 1. The van der Waals surface area contributed by atoms with Crippen molar-refractivity contribution in [1.29, 1.82) is 0 Å². The summed E-state index contributed by atoms with van der Waals surface area (Å²) in [7, 11) is 1.57. The molecule has 104 valence electrons. The Balaban J connectivity index is 2.03. The predicted octanol–water partition coefficient (Wildman–Crippen LogP) is 1.73. The fourth-order valence-electron chi connectivity index (χ4n) is 1.63. The summed E-state index contributed by atoms with van der Waals surface area (Å²) in [6, 6.07) is 6.63. The Bertz CT molecular complexity index is 612. The molecule has 0 spiro atoms. The highest BCUT2D eigenvalue weighted by molar-refractivity contribution is 5.87.